The molecule has 1 aliphatic rings. The first-order valence-corrected chi connectivity index (χ1v) is 8.65. The highest BCUT2D eigenvalue weighted by Crippen LogP contribution is 2.25. The van der Waals surface area contributed by atoms with Crippen LogP contribution in [-0.4, -0.2) is 22.8 Å². The van der Waals surface area contributed by atoms with Crippen molar-refractivity contribution < 1.29 is 14.0 Å². The zero-order valence-electron chi connectivity index (χ0n) is 13.6. The van der Waals surface area contributed by atoms with Crippen LogP contribution in [0.15, 0.2) is 22.6 Å². The Morgan fingerprint density at radius 2 is 2.12 bits per heavy atom. The maximum absolute atomic E-state index is 12.1. The van der Waals surface area contributed by atoms with Crippen molar-refractivity contribution in [2.24, 2.45) is 5.92 Å². The van der Waals surface area contributed by atoms with E-state index in [-0.39, 0.29) is 30.2 Å². The molecule has 0 aliphatic heterocycles. The van der Waals surface area contributed by atoms with Gasteiger partial charge in [-0.05, 0) is 44.1 Å². The molecule has 0 radical (unpaired) electrons. The average molecular weight is 347 g/mol. The second kappa shape index (κ2) is 7.17. The van der Waals surface area contributed by atoms with Crippen LogP contribution in [0.5, 0.6) is 0 Å². The van der Waals surface area contributed by atoms with Crippen molar-refractivity contribution in [2.75, 3.05) is 5.32 Å². The van der Waals surface area contributed by atoms with Gasteiger partial charge in [-0.3, -0.25) is 9.59 Å². The lowest BCUT2D eigenvalue weighted by atomic mass is 10.1. The SMILES string of the molecule is CC(CC(=O)Nc1ccc2[nH]c(=S)oc2c1)NC(=O)C1CCCC1. The van der Waals surface area contributed by atoms with Crippen LogP contribution >= 0.6 is 12.2 Å². The number of rotatable bonds is 5. The van der Waals surface area contributed by atoms with E-state index in [0.717, 1.165) is 31.2 Å². The van der Waals surface area contributed by atoms with E-state index < -0.39 is 0 Å². The highest BCUT2D eigenvalue weighted by atomic mass is 32.1. The van der Waals surface area contributed by atoms with Crippen LogP contribution in [0.25, 0.3) is 11.1 Å². The Labute approximate surface area is 145 Å². The van der Waals surface area contributed by atoms with Gasteiger partial charge in [-0.25, -0.2) is 0 Å². The van der Waals surface area contributed by atoms with Crippen molar-refractivity contribution in [3.05, 3.63) is 23.0 Å². The van der Waals surface area contributed by atoms with E-state index in [1.54, 1.807) is 18.2 Å². The van der Waals surface area contributed by atoms with Crippen LogP contribution in [0.1, 0.15) is 39.0 Å². The first kappa shape index (κ1) is 16.7. The van der Waals surface area contributed by atoms with E-state index in [9.17, 15) is 9.59 Å². The third-order valence-electron chi connectivity index (χ3n) is 4.31. The van der Waals surface area contributed by atoms with Crippen molar-refractivity contribution in [3.8, 4) is 0 Å². The predicted octanol–water partition coefficient (Wildman–Crippen LogP) is 3.51. The number of oxazole rings is 1. The molecule has 6 nitrogen and oxygen atoms in total. The maximum Gasteiger partial charge on any atom is 0.266 e. The van der Waals surface area contributed by atoms with Gasteiger partial charge in [0, 0.05) is 30.1 Å². The summed E-state index contributed by atoms with van der Waals surface area (Å²) in [5.41, 5.74) is 2.02. The third-order valence-corrected chi connectivity index (χ3v) is 4.50. The molecule has 7 heteroatoms. The molecule has 2 aromatic rings. The van der Waals surface area contributed by atoms with Crippen molar-refractivity contribution in [1.29, 1.82) is 0 Å². The highest BCUT2D eigenvalue weighted by Gasteiger charge is 2.24. The Hall–Kier alpha value is -2.15. The fourth-order valence-electron chi connectivity index (χ4n) is 3.11. The molecular formula is C17H21N3O3S. The van der Waals surface area contributed by atoms with Crippen LogP contribution in [0.4, 0.5) is 5.69 Å². The van der Waals surface area contributed by atoms with Crippen molar-refractivity contribution in [1.82, 2.24) is 10.3 Å². The van der Waals surface area contributed by atoms with Gasteiger partial charge in [0.1, 0.15) is 0 Å². The lowest BCUT2D eigenvalue weighted by Crippen LogP contribution is -2.38. The second-order valence-electron chi connectivity index (χ2n) is 6.37. The number of fused-ring (bicyclic) bond motifs is 1. The number of H-pyrrole nitrogens is 1. The van der Waals surface area contributed by atoms with E-state index in [0.29, 0.717) is 16.1 Å². The van der Waals surface area contributed by atoms with Gasteiger partial charge < -0.3 is 20.0 Å². The Balaban J connectivity index is 1.53. The van der Waals surface area contributed by atoms with Gasteiger partial charge in [0.15, 0.2) is 5.58 Å². The van der Waals surface area contributed by atoms with Crippen LogP contribution in [-0.2, 0) is 9.59 Å². The molecule has 1 unspecified atom stereocenters. The number of hydrogen-bond donors (Lipinski definition) is 3. The molecule has 1 heterocycles. The van der Waals surface area contributed by atoms with Crippen molar-refractivity contribution >= 4 is 40.8 Å². The van der Waals surface area contributed by atoms with E-state index in [1.807, 2.05) is 6.92 Å². The molecular weight excluding hydrogens is 326 g/mol. The van der Waals surface area contributed by atoms with Crippen LogP contribution < -0.4 is 10.6 Å². The van der Waals surface area contributed by atoms with E-state index in [2.05, 4.69) is 15.6 Å². The number of benzene rings is 1. The predicted molar refractivity (Wildman–Crippen MR) is 94.2 cm³/mol. The molecule has 1 fully saturated rings. The zero-order chi connectivity index (χ0) is 17.1. The Bertz CT molecular complexity index is 805. The molecule has 3 N–H and O–H groups in total. The Morgan fingerprint density at radius 3 is 2.88 bits per heavy atom. The minimum atomic E-state index is -0.196. The maximum atomic E-state index is 12.1. The van der Waals surface area contributed by atoms with Crippen LogP contribution in [0, 0.1) is 10.8 Å². The standard InChI is InChI=1S/C17H21N3O3S/c1-10(18-16(22)11-4-2-3-5-11)8-15(21)19-12-6-7-13-14(9-12)23-17(24)20-13/h6-7,9-11H,2-5,8H2,1H3,(H,18,22)(H,19,21)(H,20,24). The van der Waals surface area contributed by atoms with Crippen molar-refractivity contribution in [2.45, 2.75) is 45.1 Å². The topological polar surface area (TPSA) is 87.1 Å². The van der Waals surface area contributed by atoms with Gasteiger partial charge in [-0.2, -0.15) is 0 Å². The molecule has 1 saturated carbocycles. The minimum absolute atomic E-state index is 0.0679. The zero-order valence-corrected chi connectivity index (χ0v) is 14.4. The number of hydrogen-bond acceptors (Lipinski definition) is 4. The smallest absolute Gasteiger partial charge is 0.266 e. The van der Waals surface area contributed by atoms with Crippen LogP contribution in [0.3, 0.4) is 0 Å². The number of carbonyl (C=O) groups is 2. The molecule has 24 heavy (non-hydrogen) atoms. The van der Waals surface area contributed by atoms with Crippen LogP contribution in [0.2, 0.25) is 0 Å². The molecule has 3 rings (SSSR count). The second-order valence-corrected chi connectivity index (χ2v) is 6.74. The summed E-state index contributed by atoms with van der Waals surface area (Å²) in [6.07, 6.45) is 4.37. The lowest BCUT2D eigenvalue weighted by molar-refractivity contribution is -0.125. The highest BCUT2D eigenvalue weighted by molar-refractivity contribution is 7.71. The summed E-state index contributed by atoms with van der Waals surface area (Å²) >= 11 is 4.94. The largest absolute Gasteiger partial charge is 0.429 e. The summed E-state index contributed by atoms with van der Waals surface area (Å²) in [7, 11) is 0. The first-order valence-electron chi connectivity index (χ1n) is 8.24. The number of anilines is 1. The molecule has 0 saturated heterocycles. The average Bonchev–Trinajstić information content (AvgIpc) is 3.14. The quantitative estimate of drug-likeness (QED) is 0.722. The minimum Gasteiger partial charge on any atom is -0.429 e. The fraction of sp³-hybridized carbons (Fsp3) is 0.471. The molecule has 0 bridgehead atoms. The van der Waals surface area contributed by atoms with Gasteiger partial charge in [0.25, 0.3) is 4.84 Å². The summed E-state index contributed by atoms with van der Waals surface area (Å²) in [6.45, 7) is 1.85. The molecule has 1 atom stereocenters. The van der Waals surface area contributed by atoms with Gasteiger partial charge >= 0.3 is 0 Å². The Kier molecular flexibility index (Phi) is 4.99. The number of carbonyl (C=O) groups excluding carboxylic acids is 2. The summed E-state index contributed by atoms with van der Waals surface area (Å²) in [6, 6.07) is 5.11. The molecule has 1 aromatic carbocycles. The number of amides is 2. The Morgan fingerprint density at radius 1 is 1.38 bits per heavy atom. The molecule has 128 valence electrons. The van der Waals surface area contributed by atoms with Crippen molar-refractivity contribution in [3.63, 3.8) is 0 Å². The first-order chi connectivity index (χ1) is 11.5. The summed E-state index contributed by atoms with van der Waals surface area (Å²) < 4.78 is 5.33. The molecule has 1 aromatic heterocycles. The summed E-state index contributed by atoms with van der Waals surface area (Å²) in [5, 5.41) is 5.75. The van der Waals surface area contributed by atoms with E-state index >= 15 is 0 Å². The monoisotopic (exact) mass is 347 g/mol. The number of aromatic nitrogens is 1. The molecule has 0 spiro atoms. The molecule has 2 amide bonds. The number of aromatic amines is 1. The summed E-state index contributed by atoms with van der Waals surface area (Å²) in [4.78, 5) is 27.4. The van der Waals surface area contributed by atoms with Gasteiger partial charge in [0.05, 0.1) is 5.52 Å². The fourth-order valence-corrected chi connectivity index (χ4v) is 3.31. The van der Waals surface area contributed by atoms with Gasteiger partial charge in [0.2, 0.25) is 11.8 Å². The van der Waals surface area contributed by atoms with Gasteiger partial charge in [-0.15, -0.1) is 0 Å². The van der Waals surface area contributed by atoms with Gasteiger partial charge in [-0.1, -0.05) is 12.8 Å². The number of nitrogens with one attached hydrogen (secondary N) is 3. The molecule has 1 aliphatic carbocycles. The normalized spacial score (nSPS) is 16.2. The summed E-state index contributed by atoms with van der Waals surface area (Å²) in [5.74, 6) is 0.0294. The van der Waals surface area contributed by atoms with E-state index in [4.69, 9.17) is 16.6 Å². The third kappa shape index (κ3) is 4.03. The van der Waals surface area contributed by atoms with E-state index in [1.165, 1.54) is 0 Å². The lowest BCUT2D eigenvalue weighted by Gasteiger charge is -2.16.